The Kier molecular flexibility index (Phi) is 7.44. The van der Waals surface area contributed by atoms with Crippen LogP contribution < -0.4 is 5.32 Å². The first-order chi connectivity index (χ1) is 15.5. The lowest BCUT2D eigenvalue weighted by molar-refractivity contribution is -0.113. The van der Waals surface area contributed by atoms with Gasteiger partial charge in [-0.05, 0) is 55.2 Å². The molecule has 0 radical (unpaired) electrons. The highest BCUT2D eigenvalue weighted by Gasteiger charge is 2.29. The molecule has 0 aliphatic heterocycles. The van der Waals surface area contributed by atoms with Gasteiger partial charge in [0.1, 0.15) is 5.00 Å². The molecule has 32 heavy (non-hydrogen) atoms. The molecule has 3 heterocycles. The summed E-state index contributed by atoms with van der Waals surface area (Å²) >= 11 is 4.25. The Morgan fingerprint density at radius 1 is 1.38 bits per heavy atom. The van der Waals surface area contributed by atoms with Gasteiger partial charge < -0.3 is 14.5 Å². The maximum Gasteiger partial charge on any atom is 0.341 e. The fourth-order valence-corrected chi connectivity index (χ4v) is 6.04. The van der Waals surface area contributed by atoms with Crippen LogP contribution in [-0.4, -0.2) is 34.4 Å². The number of amides is 1. The van der Waals surface area contributed by atoms with Crippen LogP contribution >= 0.6 is 34.4 Å². The van der Waals surface area contributed by atoms with E-state index >= 15 is 0 Å². The zero-order valence-electron chi connectivity index (χ0n) is 17.8. The Balaban J connectivity index is 1.39. The highest BCUT2D eigenvalue weighted by Crippen LogP contribution is 2.40. The van der Waals surface area contributed by atoms with E-state index in [2.05, 4.69) is 22.4 Å². The van der Waals surface area contributed by atoms with Crippen molar-refractivity contribution < 1.29 is 18.7 Å². The van der Waals surface area contributed by atoms with Gasteiger partial charge in [-0.1, -0.05) is 24.8 Å². The number of rotatable bonds is 8. The molecule has 10 heteroatoms. The average molecular weight is 490 g/mol. The third kappa shape index (κ3) is 5.48. The zero-order valence-corrected chi connectivity index (χ0v) is 20.2. The number of hydrogen-bond acceptors (Lipinski definition) is 9. The molecule has 4 rings (SSSR count). The van der Waals surface area contributed by atoms with Crippen LogP contribution in [0.3, 0.4) is 0 Å². The molecule has 7 nitrogen and oxygen atoms in total. The molecule has 0 saturated carbocycles. The van der Waals surface area contributed by atoms with Crippen LogP contribution in [0.5, 0.6) is 0 Å². The Morgan fingerprint density at radius 3 is 3.03 bits per heavy atom. The third-order valence-electron chi connectivity index (χ3n) is 4.93. The molecule has 3 aromatic rings. The third-order valence-corrected chi connectivity index (χ3v) is 7.75. The molecule has 168 valence electrons. The lowest BCUT2D eigenvalue weighted by Gasteiger charge is -2.18. The van der Waals surface area contributed by atoms with Gasteiger partial charge in [0.2, 0.25) is 11.8 Å². The number of carbonyl (C=O) groups is 2. The van der Waals surface area contributed by atoms with Crippen LogP contribution in [0, 0.1) is 5.92 Å². The molecule has 1 N–H and O–H groups in total. The number of thioether (sulfide) groups is 1. The fraction of sp³-hybridized carbons (Fsp3) is 0.364. The van der Waals surface area contributed by atoms with E-state index in [1.165, 1.54) is 11.3 Å². The van der Waals surface area contributed by atoms with Crippen LogP contribution in [-0.2, 0) is 22.4 Å². The van der Waals surface area contributed by atoms with Gasteiger partial charge in [-0.25, -0.2) is 4.79 Å². The van der Waals surface area contributed by atoms with Crippen molar-refractivity contribution in [2.75, 3.05) is 17.7 Å². The SMILES string of the molecule is CCOC(=O)c1c(NC(=O)CSc2nnc(C=Cc3cccs3)o2)sc2c1CCC(C)C2. The first-order valence-electron chi connectivity index (χ1n) is 10.3. The molecule has 0 bridgehead atoms. The number of ether oxygens (including phenoxy) is 1. The molecule has 0 spiro atoms. The molecule has 1 amide bonds. The molecular weight excluding hydrogens is 466 g/mol. The summed E-state index contributed by atoms with van der Waals surface area (Å²) in [5, 5.41) is 13.7. The van der Waals surface area contributed by atoms with Gasteiger partial charge >= 0.3 is 5.97 Å². The number of nitrogens with zero attached hydrogens (tertiary/aromatic N) is 2. The van der Waals surface area contributed by atoms with E-state index in [4.69, 9.17) is 9.15 Å². The van der Waals surface area contributed by atoms with Crippen molar-refractivity contribution in [1.29, 1.82) is 0 Å². The van der Waals surface area contributed by atoms with Crippen LogP contribution in [0.2, 0.25) is 0 Å². The standard InChI is InChI=1S/C22H23N3O4S3/c1-3-28-21(27)19-15-8-6-13(2)11-16(15)32-20(19)23-17(26)12-31-22-25-24-18(29-22)9-7-14-5-4-10-30-14/h4-5,7,9-10,13H,3,6,8,11-12H2,1-2H3,(H,23,26). The second-order valence-electron chi connectivity index (χ2n) is 7.37. The second-order valence-corrected chi connectivity index (χ2v) is 10.4. The predicted molar refractivity (Wildman–Crippen MR) is 128 cm³/mol. The monoisotopic (exact) mass is 489 g/mol. The van der Waals surface area contributed by atoms with E-state index < -0.39 is 0 Å². The van der Waals surface area contributed by atoms with E-state index in [1.807, 2.05) is 23.6 Å². The molecule has 0 saturated heterocycles. The minimum Gasteiger partial charge on any atom is -0.462 e. The summed E-state index contributed by atoms with van der Waals surface area (Å²) < 4.78 is 10.8. The number of fused-ring (bicyclic) bond motifs is 1. The van der Waals surface area contributed by atoms with Crippen LogP contribution in [0.25, 0.3) is 12.2 Å². The van der Waals surface area contributed by atoms with E-state index in [0.717, 1.165) is 46.3 Å². The molecule has 1 atom stereocenters. The van der Waals surface area contributed by atoms with E-state index in [-0.39, 0.29) is 17.6 Å². The largest absolute Gasteiger partial charge is 0.462 e. The maximum atomic E-state index is 12.6. The minimum absolute atomic E-state index is 0.0947. The quantitative estimate of drug-likeness (QED) is 0.335. The summed E-state index contributed by atoms with van der Waals surface area (Å²) in [6.45, 7) is 4.28. The summed E-state index contributed by atoms with van der Waals surface area (Å²) in [7, 11) is 0. The van der Waals surface area contributed by atoms with Crippen molar-refractivity contribution >= 4 is 63.5 Å². The maximum absolute atomic E-state index is 12.6. The molecule has 0 aromatic carbocycles. The number of nitrogens with one attached hydrogen (secondary N) is 1. The van der Waals surface area contributed by atoms with Crippen LogP contribution in [0.15, 0.2) is 27.2 Å². The van der Waals surface area contributed by atoms with Crippen molar-refractivity contribution in [3.05, 3.63) is 44.3 Å². The molecule has 0 fully saturated rings. The molecule has 1 aliphatic rings. The van der Waals surface area contributed by atoms with Gasteiger partial charge in [-0.2, -0.15) is 0 Å². The minimum atomic E-state index is -0.374. The zero-order chi connectivity index (χ0) is 22.5. The molecule has 1 unspecified atom stereocenters. The number of esters is 1. The summed E-state index contributed by atoms with van der Waals surface area (Å²) in [5.41, 5.74) is 1.53. The van der Waals surface area contributed by atoms with Crippen molar-refractivity contribution in [1.82, 2.24) is 10.2 Å². The lowest BCUT2D eigenvalue weighted by Crippen LogP contribution is -2.17. The Hall–Kier alpha value is -2.43. The first kappa shape index (κ1) is 22.8. The van der Waals surface area contributed by atoms with Crippen LogP contribution in [0.4, 0.5) is 5.00 Å². The summed E-state index contributed by atoms with van der Waals surface area (Å²) in [6.07, 6.45) is 6.41. The fourth-order valence-electron chi connectivity index (χ4n) is 3.43. The normalized spacial score (nSPS) is 15.6. The first-order valence-corrected chi connectivity index (χ1v) is 13.0. The van der Waals surface area contributed by atoms with Gasteiger partial charge in [0.05, 0.1) is 17.9 Å². The molecular formula is C22H23N3O4S3. The van der Waals surface area contributed by atoms with Gasteiger partial charge in [-0.3, -0.25) is 4.79 Å². The van der Waals surface area contributed by atoms with Crippen molar-refractivity contribution in [3.8, 4) is 0 Å². The second kappa shape index (κ2) is 10.5. The average Bonchev–Trinajstić information content (AvgIpc) is 3.50. The van der Waals surface area contributed by atoms with Gasteiger partial charge in [0, 0.05) is 15.8 Å². The lowest BCUT2D eigenvalue weighted by atomic mass is 9.88. The number of hydrogen-bond donors (Lipinski definition) is 1. The predicted octanol–water partition coefficient (Wildman–Crippen LogP) is 5.40. The summed E-state index contributed by atoms with van der Waals surface area (Å²) in [6, 6.07) is 3.96. The van der Waals surface area contributed by atoms with Gasteiger partial charge in [0.25, 0.3) is 5.22 Å². The number of anilines is 1. The topological polar surface area (TPSA) is 94.3 Å². The van der Waals surface area contributed by atoms with Gasteiger partial charge in [0.15, 0.2) is 0 Å². The highest BCUT2D eigenvalue weighted by molar-refractivity contribution is 7.99. The summed E-state index contributed by atoms with van der Waals surface area (Å²) in [5.74, 6) is 0.432. The number of carbonyl (C=O) groups excluding carboxylic acids is 2. The van der Waals surface area contributed by atoms with Crippen molar-refractivity contribution in [2.45, 2.75) is 38.3 Å². The van der Waals surface area contributed by atoms with E-state index in [1.54, 1.807) is 24.3 Å². The number of aromatic nitrogens is 2. The smallest absolute Gasteiger partial charge is 0.341 e. The van der Waals surface area contributed by atoms with E-state index in [9.17, 15) is 9.59 Å². The van der Waals surface area contributed by atoms with Crippen molar-refractivity contribution in [3.63, 3.8) is 0 Å². The van der Waals surface area contributed by atoms with E-state index in [0.29, 0.717) is 34.2 Å². The Labute approximate surface area is 198 Å². The molecule has 3 aromatic heterocycles. The number of thiophene rings is 2. The Morgan fingerprint density at radius 2 is 2.25 bits per heavy atom. The molecule has 1 aliphatic carbocycles. The van der Waals surface area contributed by atoms with Crippen molar-refractivity contribution in [2.24, 2.45) is 5.92 Å². The Bertz CT molecular complexity index is 1120. The highest BCUT2D eigenvalue weighted by atomic mass is 32.2. The summed E-state index contributed by atoms with van der Waals surface area (Å²) in [4.78, 5) is 27.4. The van der Waals surface area contributed by atoms with Crippen LogP contribution in [0.1, 0.15) is 51.8 Å². The van der Waals surface area contributed by atoms with Gasteiger partial charge in [-0.15, -0.1) is 32.9 Å².